The standard InChI is InChI=1S/C12H13N3O/c16-15-12-9-5-4-8-11(12)14-13-10-6-2-1-3-7-10/h1-9,13-16H. The monoisotopic (exact) mass is 215 g/mol. The number of rotatable bonds is 4. The quantitative estimate of drug-likeness (QED) is 0.592. The van der Waals surface area contributed by atoms with Crippen LogP contribution in [0, 0.1) is 0 Å². The second kappa shape index (κ2) is 5.04. The maximum Gasteiger partial charge on any atom is 0.0851 e. The van der Waals surface area contributed by atoms with E-state index in [9.17, 15) is 0 Å². The third kappa shape index (κ3) is 2.43. The summed E-state index contributed by atoms with van der Waals surface area (Å²) >= 11 is 0. The van der Waals surface area contributed by atoms with Crippen LogP contribution in [0.1, 0.15) is 0 Å². The fourth-order valence-electron chi connectivity index (χ4n) is 1.35. The zero-order valence-corrected chi connectivity index (χ0v) is 8.64. The van der Waals surface area contributed by atoms with Gasteiger partial charge >= 0.3 is 0 Å². The Balaban J connectivity index is 2.05. The SMILES string of the molecule is ONc1ccccc1NNc1ccccc1. The molecular weight excluding hydrogens is 202 g/mol. The number of hydrogen-bond donors (Lipinski definition) is 4. The summed E-state index contributed by atoms with van der Waals surface area (Å²) < 4.78 is 0. The molecule has 0 aliphatic heterocycles. The first kappa shape index (κ1) is 10.3. The van der Waals surface area contributed by atoms with Crippen molar-refractivity contribution in [3.05, 3.63) is 54.6 Å². The smallest absolute Gasteiger partial charge is 0.0851 e. The lowest BCUT2D eigenvalue weighted by atomic mass is 10.3. The summed E-state index contributed by atoms with van der Waals surface area (Å²) in [5, 5.41) is 8.90. The normalized spacial score (nSPS) is 9.56. The van der Waals surface area contributed by atoms with Crippen LogP contribution in [0.4, 0.5) is 17.1 Å². The van der Waals surface area contributed by atoms with Gasteiger partial charge in [0.05, 0.1) is 17.1 Å². The topological polar surface area (TPSA) is 56.3 Å². The van der Waals surface area contributed by atoms with Gasteiger partial charge in [0.25, 0.3) is 0 Å². The van der Waals surface area contributed by atoms with Gasteiger partial charge < -0.3 is 5.43 Å². The van der Waals surface area contributed by atoms with E-state index in [0.717, 1.165) is 11.4 Å². The van der Waals surface area contributed by atoms with Crippen molar-refractivity contribution in [1.82, 2.24) is 0 Å². The Morgan fingerprint density at radius 2 is 1.31 bits per heavy atom. The highest BCUT2D eigenvalue weighted by molar-refractivity contribution is 5.69. The molecule has 2 aromatic carbocycles. The number of para-hydroxylation sites is 3. The van der Waals surface area contributed by atoms with Crippen molar-refractivity contribution in [2.45, 2.75) is 0 Å². The first-order valence-corrected chi connectivity index (χ1v) is 4.96. The molecule has 4 nitrogen and oxygen atoms in total. The number of hydrazine groups is 1. The average Bonchev–Trinajstić information content (AvgIpc) is 2.38. The molecule has 0 bridgehead atoms. The van der Waals surface area contributed by atoms with Crippen LogP contribution in [0.2, 0.25) is 0 Å². The highest BCUT2D eigenvalue weighted by atomic mass is 16.5. The molecule has 16 heavy (non-hydrogen) atoms. The lowest BCUT2D eigenvalue weighted by molar-refractivity contribution is 0.389. The molecule has 0 saturated heterocycles. The van der Waals surface area contributed by atoms with Crippen LogP contribution in [-0.4, -0.2) is 5.21 Å². The molecule has 2 rings (SSSR count). The van der Waals surface area contributed by atoms with Gasteiger partial charge in [-0.3, -0.25) is 16.1 Å². The molecule has 0 aliphatic rings. The molecule has 0 heterocycles. The molecule has 82 valence electrons. The molecular formula is C12H13N3O. The average molecular weight is 215 g/mol. The van der Waals surface area contributed by atoms with E-state index in [1.807, 2.05) is 48.5 Å². The molecule has 0 aromatic heterocycles. The van der Waals surface area contributed by atoms with Crippen LogP contribution in [0.15, 0.2) is 54.6 Å². The molecule has 4 heteroatoms. The van der Waals surface area contributed by atoms with Crippen molar-refractivity contribution in [2.24, 2.45) is 0 Å². The molecule has 0 fully saturated rings. The first-order chi connectivity index (χ1) is 7.90. The molecule has 0 spiro atoms. The molecule has 0 radical (unpaired) electrons. The summed E-state index contributed by atoms with van der Waals surface area (Å²) in [7, 11) is 0. The van der Waals surface area contributed by atoms with E-state index in [4.69, 9.17) is 5.21 Å². The van der Waals surface area contributed by atoms with E-state index in [0.29, 0.717) is 5.69 Å². The van der Waals surface area contributed by atoms with Gasteiger partial charge in [0.2, 0.25) is 0 Å². The Morgan fingerprint density at radius 3 is 2.00 bits per heavy atom. The molecule has 0 amide bonds. The highest BCUT2D eigenvalue weighted by Gasteiger charge is 1.98. The van der Waals surface area contributed by atoms with Gasteiger partial charge in [0.1, 0.15) is 0 Å². The number of hydrogen-bond acceptors (Lipinski definition) is 4. The maximum atomic E-state index is 8.90. The van der Waals surface area contributed by atoms with Crippen LogP contribution < -0.4 is 16.3 Å². The summed E-state index contributed by atoms with van der Waals surface area (Å²) in [6.45, 7) is 0. The third-order valence-corrected chi connectivity index (χ3v) is 2.16. The summed E-state index contributed by atoms with van der Waals surface area (Å²) in [6, 6.07) is 17.1. The van der Waals surface area contributed by atoms with Gasteiger partial charge in [0, 0.05) is 0 Å². The van der Waals surface area contributed by atoms with Crippen LogP contribution in [-0.2, 0) is 0 Å². The second-order valence-corrected chi connectivity index (χ2v) is 3.27. The van der Waals surface area contributed by atoms with Crippen LogP contribution in [0.25, 0.3) is 0 Å². The van der Waals surface area contributed by atoms with Gasteiger partial charge in [-0.05, 0) is 24.3 Å². The molecule has 0 saturated carbocycles. The van der Waals surface area contributed by atoms with Crippen LogP contribution in [0.5, 0.6) is 0 Å². The molecule has 4 N–H and O–H groups in total. The summed E-state index contributed by atoms with van der Waals surface area (Å²) in [4.78, 5) is 0. The van der Waals surface area contributed by atoms with E-state index in [1.165, 1.54) is 0 Å². The van der Waals surface area contributed by atoms with Gasteiger partial charge in [-0.1, -0.05) is 30.3 Å². The van der Waals surface area contributed by atoms with E-state index in [2.05, 4.69) is 16.3 Å². The fourth-order valence-corrected chi connectivity index (χ4v) is 1.35. The largest absolute Gasteiger partial charge is 0.301 e. The van der Waals surface area contributed by atoms with E-state index >= 15 is 0 Å². The van der Waals surface area contributed by atoms with Gasteiger partial charge in [-0.2, -0.15) is 0 Å². The summed E-state index contributed by atoms with van der Waals surface area (Å²) in [5.41, 5.74) is 10.5. The van der Waals surface area contributed by atoms with Crippen molar-refractivity contribution in [3.63, 3.8) is 0 Å². The van der Waals surface area contributed by atoms with Gasteiger partial charge in [-0.25, -0.2) is 0 Å². The van der Waals surface area contributed by atoms with E-state index in [1.54, 1.807) is 6.07 Å². The van der Waals surface area contributed by atoms with Crippen molar-refractivity contribution >= 4 is 17.1 Å². The Hall–Kier alpha value is -2.20. The lowest BCUT2D eigenvalue weighted by Crippen LogP contribution is -2.10. The molecule has 2 aromatic rings. The first-order valence-electron chi connectivity index (χ1n) is 4.96. The lowest BCUT2D eigenvalue weighted by Gasteiger charge is -2.12. The summed E-state index contributed by atoms with van der Waals surface area (Å²) in [5.74, 6) is 0. The minimum absolute atomic E-state index is 0.617. The molecule has 0 atom stereocenters. The van der Waals surface area contributed by atoms with Crippen molar-refractivity contribution in [2.75, 3.05) is 16.3 Å². The highest BCUT2D eigenvalue weighted by Crippen LogP contribution is 2.20. The van der Waals surface area contributed by atoms with Crippen LogP contribution >= 0.6 is 0 Å². The number of benzene rings is 2. The predicted molar refractivity (Wildman–Crippen MR) is 65.5 cm³/mol. The van der Waals surface area contributed by atoms with Crippen LogP contribution in [0.3, 0.4) is 0 Å². The van der Waals surface area contributed by atoms with Crippen molar-refractivity contribution in [3.8, 4) is 0 Å². The molecule has 0 unspecified atom stereocenters. The molecule has 0 aliphatic carbocycles. The minimum atomic E-state index is 0.617. The number of nitrogens with one attached hydrogen (secondary N) is 3. The zero-order chi connectivity index (χ0) is 11.2. The van der Waals surface area contributed by atoms with Gasteiger partial charge in [-0.15, -0.1) is 0 Å². The van der Waals surface area contributed by atoms with Crippen molar-refractivity contribution < 1.29 is 5.21 Å². The maximum absolute atomic E-state index is 8.90. The Kier molecular flexibility index (Phi) is 3.25. The third-order valence-electron chi connectivity index (χ3n) is 2.16. The van der Waals surface area contributed by atoms with E-state index in [-0.39, 0.29) is 0 Å². The zero-order valence-electron chi connectivity index (χ0n) is 8.64. The minimum Gasteiger partial charge on any atom is -0.301 e. The fraction of sp³-hybridized carbons (Fsp3) is 0. The van der Waals surface area contributed by atoms with Gasteiger partial charge in [0.15, 0.2) is 0 Å². The number of anilines is 3. The van der Waals surface area contributed by atoms with E-state index < -0.39 is 0 Å². The second-order valence-electron chi connectivity index (χ2n) is 3.27. The van der Waals surface area contributed by atoms with Crippen molar-refractivity contribution in [1.29, 1.82) is 0 Å². The Labute approximate surface area is 93.9 Å². The predicted octanol–water partition coefficient (Wildman–Crippen LogP) is 2.93. The Bertz CT molecular complexity index is 445. The Morgan fingerprint density at radius 1 is 0.688 bits per heavy atom. The summed E-state index contributed by atoms with van der Waals surface area (Å²) in [6.07, 6.45) is 0.